The van der Waals surface area contributed by atoms with Gasteiger partial charge in [0.1, 0.15) is 0 Å². The van der Waals surface area contributed by atoms with Crippen molar-refractivity contribution in [2.45, 2.75) is 94.3 Å². The van der Waals surface area contributed by atoms with Crippen molar-refractivity contribution in [2.75, 3.05) is 0 Å². The van der Waals surface area contributed by atoms with Gasteiger partial charge in [-0.25, -0.2) is 0 Å². The van der Waals surface area contributed by atoms with E-state index in [9.17, 15) is 10.2 Å². The maximum atomic E-state index is 10.0. The highest BCUT2D eigenvalue weighted by Gasteiger charge is 2.36. The molecule has 2 aliphatic carbocycles. The predicted octanol–water partition coefficient (Wildman–Crippen LogP) is 9.15. The van der Waals surface area contributed by atoms with Gasteiger partial charge in [0.15, 0.2) is 0 Å². The zero-order chi connectivity index (χ0) is 31.5. The SMILES string of the molecule is CC1=C[C@@H](O)CC(C)(C)[C@@H]1C#C/C(C)=C/C=C/C(C)=C/C=C/C=C(C)/C=C/C=C(\C)C#C[C@H]1C(C)=C[C@@H](O)CC1(C)C. The first-order valence-corrected chi connectivity index (χ1v) is 15.1. The molecule has 2 heteroatoms. The molecule has 0 spiro atoms. The molecular formula is C40H52O2. The fourth-order valence-corrected chi connectivity index (χ4v) is 5.75. The molecule has 0 saturated heterocycles. The van der Waals surface area contributed by atoms with Crippen molar-refractivity contribution < 1.29 is 10.2 Å². The van der Waals surface area contributed by atoms with Crippen LogP contribution in [-0.2, 0) is 0 Å². The van der Waals surface area contributed by atoms with E-state index < -0.39 is 0 Å². The normalized spacial score (nSPS) is 27.0. The second-order valence-corrected chi connectivity index (χ2v) is 13.4. The Hall–Kier alpha value is -3.30. The highest BCUT2D eigenvalue weighted by atomic mass is 16.3. The molecule has 0 aromatic carbocycles. The van der Waals surface area contributed by atoms with E-state index in [2.05, 4.69) is 103 Å². The van der Waals surface area contributed by atoms with Gasteiger partial charge in [-0.05, 0) is 76.4 Å². The molecule has 4 atom stereocenters. The number of allylic oxidation sites excluding steroid dienone is 16. The van der Waals surface area contributed by atoms with Gasteiger partial charge in [0.25, 0.3) is 0 Å². The molecule has 0 unspecified atom stereocenters. The lowest BCUT2D eigenvalue weighted by Gasteiger charge is -2.37. The third kappa shape index (κ3) is 11.5. The molecule has 2 rings (SSSR count). The number of hydrogen-bond donors (Lipinski definition) is 2. The molecule has 0 amide bonds. The Morgan fingerprint density at radius 3 is 1.33 bits per heavy atom. The maximum Gasteiger partial charge on any atom is 0.0729 e. The molecule has 2 aliphatic rings. The molecule has 2 N–H and O–H groups in total. The molecule has 0 radical (unpaired) electrons. The van der Waals surface area contributed by atoms with E-state index in [1.54, 1.807) is 0 Å². The van der Waals surface area contributed by atoms with Crippen LogP contribution in [0, 0.1) is 46.3 Å². The van der Waals surface area contributed by atoms with Crippen LogP contribution in [0.15, 0.2) is 106 Å². The van der Waals surface area contributed by atoms with E-state index in [0.717, 1.165) is 46.3 Å². The summed E-state index contributed by atoms with van der Waals surface area (Å²) < 4.78 is 0. The smallest absolute Gasteiger partial charge is 0.0729 e. The highest BCUT2D eigenvalue weighted by molar-refractivity contribution is 5.38. The molecular weight excluding hydrogens is 512 g/mol. The summed E-state index contributed by atoms with van der Waals surface area (Å²) in [6.07, 6.45) is 25.3. The van der Waals surface area contributed by atoms with Gasteiger partial charge < -0.3 is 10.2 Å². The van der Waals surface area contributed by atoms with E-state index in [4.69, 9.17) is 0 Å². The summed E-state index contributed by atoms with van der Waals surface area (Å²) in [5.74, 6) is 13.8. The van der Waals surface area contributed by atoms with Gasteiger partial charge in [0, 0.05) is 11.8 Å². The first-order chi connectivity index (χ1) is 19.6. The zero-order valence-corrected chi connectivity index (χ0v) is 27.5. The standard InChI is InChI=1S/C40H52O2/c1-29(17-13-19-31(3)21-23-37-33(5)25-35(41)27-39(37,7)8)15-11-12-16-30(2)18-14-20-32(4)22-24-38-34(6)26-36(42)28-40(38,9)10/h11-20,25-26,35-38,41-42H,27-28H2,1-10H3/b12-11+,17-13+,18-14+,29-15+,30-16+,31-19+,32-20+/t35-,36-,37-,38+/m1/s1. The van der Waals surface area contributed by atoms with E-state index in [0.29, 0.717) is 0 Å². The van der Waals surface area contributed by atoms with Crippen molar-refractivity contribution in [1.82, 2.24) is 0 Å². The number of rotatable bonds is 6. The van der Waals surface area contributed by atoms with Crippen LogP contribution in [0.5, 0.6) is 0 Å². The number of aliphatic hydroxyl groups excluding tert-OH is 2. The predicted molar refractivity (Wildman–Crippen MR) is 181 cm³/mol. The molecule has 224 valence electrons. The van der Waals surface area contributed by atoms with Gasteiger partial charge >= 0.3 is 0 Å². The largest absolute Gasteiger partial charge is 0.389 e. The fourth-order valence-electron chi connectivity index (χ4n) is 5.75. The summed E-state index contributed by atoms with van der Waals surface area (Å²) in [4.78, 5) is 0. The fraction of sp³-hybridized carbons (Fsp3) is 0.450. The van der Waals surface area contributed by atoms with Crippen LogP contribution in [0.1, 0.15) is 82.1 Å². The quantitative estimate of drug-likeness (QED) is 0.192. The van der Waals surface area contributed by atoms with E-state index in [1.807, 2.05) is 62.5 Å². The van der Waals surface area contributed by atoms with Gasteiger partial charge in [0.05, 0.1) is 12.2 Å². The van der Waals surface area contributed by atoms with Crippen LogP contribution in [0.25, 0.3) is 0 Å². The van der Waals surface area contributed by atoms with Crippen molar-refractivity contribution in [2.24, 2.45) is 22.7 Å². The lowest BCUT2D eigenvalue weighted by molar-refractivity contribution is 0.119. The zero-order valence-electron chi connectivity index (χ0n) is 27.5. The van der Waals surface area contributed by atoms with Crippen molar-refractivity contribution in [3.63, 3.8) is 0 Å². The summed E-state index contributed by atoms with van der Waals surface area (Å²) in [6, 6.07) is 0. The van der Waals surface area contributed by atoms with Crippen LogP contribution in [0.4, 0.5) is 0 Å². The molecule has 2 nitrogen and oxygen atoms in total. The molecule has 0 aliphatic heterocycles. The first kappa shape index (κ1) is 34.9. The molecule has 0 bridgehead atoms. The third-order valence-corrected chi connectivity index (χ3v) is 7.92. The molecule has 0 fully saturated rings. The second kappa shape index (κ2) is 15.8. The van der Waals surface area contributed by atoms with Crippen LogP contribution in [0.2, 0.25) is 0 Å². The molecule has 0 heterocycles. The monoisotopic (exact) mass is 564 g/mol. The van der Waals surface area contributed by atoms with E-state index in [1.165, 1.54) is 0 Å². The Morgan fingerprint density at radius 1 is 0.643 bits per heavy atom. The number of aliphatic hydroxyl groups is 2. The Balaban J connectivity index is 1.92. The molecule has 0 saturated carbocycles. The van der Waals surface area contributed by atoms with Crippen molar-refractivity contribution >= 4 is 0 Å². The lowest BCUT2D eigenvalue weighted by Crippen LogP contribution is -2.32. The average molecular weight is 565 g/mol. The molecule has 0 aromatic heterocycles. The minimum absolute atomic E-state index is 0.0321. The van der Waals surface area contributed by atoms with Crippen LogP contribution >= 0.6 is 0 Å². The van der Waals surface area contributed by atoms with Crippen LogP contribution in [0.3, 0.4) is 0 Å². The molecule has 42 heavy (non-hydrogen) atoms. The minimum Gasteiger partial charge on any atom is -0.389 e. The Labute approximate surface area is 256 Å². The second-order valence-electron chi connectivity index (χ2n) is 13.4. The summed E-state index contributed by atoms with van der Waals surface area (Å²) in [5, 5.41) is 20.1. The van der Waals surface area contributed by atoms with Crippen LogP contribution in [-0.4, -0.2) is 22.4 Å². The Kier molecular flexibility index (Phi) is 13.1. The van der Waals surface area contributed by atoms with Crippen LogP contribution < -0.4 is 0 Å². The first-order valence-electron chi connectivity index (χ1n) is 15.1. The topological polar surface area (TPSA) is 40.5 Å². The van der Waals surface area contributed by atoms with Crippen molar-refractivity contribution in [1.29, 1.82) is 0 Å². The maximum absolute atomic E-state index is 10.0. The van der Waals surface area contributed by atoms with Crippen molar-refractivity contribution in [3.8, 4) is 23.7 Å². The third-order valence-electron chi connectivity index (χ3n) is 7.92. The van der Waals surface area contributed by atoms with Crippen molar-refractivity contribution in [3.05, 3.63) is 106 Å². The highest BCUT2D eigenvalue weighted by Crippen LogP contribution is 2.41. The summed E-state index contributed by atoms with van der Waals surface area (Å²) in [6.45, 7) is 21.1. The minimum atomic E-state index is -0.367. The van der Waals surface area contributed by atoms with Gasteiger partial charge in [-0.1, -0.05) is 147 Å². The summed E-state index contributed by atoms with van der Waals surface area (Å²) in [7, 11) is 0. The van der Waals surface area contributed by atoms with Gasteiger partial charge in [-0.2, -0.15) is 0 Å². The molecule has 0 aromatic rings. The Morgan fingerprint density at radius 2 is 1.00 bits per heavy atom. The number of hydrogen-bond acceptors (Lipinski definition) is 2. The van der Waals surface area contributed by atoms with Gasteiger partial charge in [-0.15, -0.1) is 0 Å². The van der Waals surface area contributed by atoms with E-state index in [-0.39, 0.29) is 34.9 Å². The average Bonchev–Trinajstić information content (AvgIpc) is 2.84. The van der Waals surface area contributed by atoms with Gasteiger partial charge in [0.2, 0.25) is 0 Å². The summed E-state index contributed by atoms with van der Waals surface area (Å²) in [5.41, 5.74) is 6.61. The summed E-state index contributed by atoms with van der Waals surface area (Å²) >= 11 is 0. The van der Waals surface area contributed by atoms with Gasteiger partial charge in [-0.3, -0.25) is 0 Å². The Bertz CT molecular complexity index is 1260. The lowest BCUT2D eigenvalue weighted by atomic mass is 9.68. The van der Waals surface area contributed by atoms with E-state index >= 15 is 0 Å².